The molecule has 0 radical (unpaired) electrons. The molecule has 0 aliphatic heterocycles. The first-order valence-corrected chi connectivity index (χ1v) is 5.05. The molecule has 2 nitrogen and oxygen atoms in total. The molecule has 0 aliphatic carbocycles. The van der Waals surface area contributed by atoms with Crippen LogP contribution >= 0.6 is 38.9 Å². The van der Waals surface area contributed by atoms with Crippen LogP contribution in [0.1, 0.15) is 4.88 Å². The lowest BCUT2D eigenvalue weighted by atomic mass is 10.4. The fourth-order valence-corrected chi connectivity index (χ4v) is 2.29. The van der Waals surface area contributed by atoms with Gasteiger partial charge in [-0.2, -0.15) is 4.39 Å². The van der Waals surface area contributed by atoms with Crippen LogP contribution in [-0.2, 0) is 4.79 Å². The van der Waals surface area contributed by atoms with Gasteiger partial charge in [0.05, 0.1) is 0 Å². The van der Waals surface area contributed by atoms with Gasteiger partial charge in [0.2, 0.25) is 5.83 Å². The summed E-state index contributed by atoms with van der Waals surface area (Å²) in [4.78, 5) is 10.6. The van der Waals surface area contributed by atoms with Crippen molar-refractivity contribution in [2.75, 3.05) is 0 Å². The minimum atomic E-state index is -1.58. The van der Waals surface area contributed by atoms with Crippen LogP contribution in [0.2, 0.25) is 4.34 Å². The molecule has 0 aliphatic rings. The van der Waals surface area contributed by atoms with Crippen LogP contribution in [0.5, 0.6) is 0 Å². The Morgan fingerprint density at radius 3 is 2.77 bits per heavy atom. The fraction of sp³-hybridized carbons (Fsp3) is 0. The Morgan fingerprint density at radius 2 is 2.38 bits per heavy atom. The van der Waals surface area contributed by atoms with E-state index < -0.39 is 11.8 Å². The Balaban J connectivity index is 2.98. The van der Waals surface area contributed by atoms with Crippen LogP contribution in [-0.4, -0.2) is 11.1 Å². The van der Waals surface area contributed by atoms with Crippen molar-refractivity contribution < 1.29 is 14.3 Å². The molecule has 0 aromatic carbocycles. The van der Waals surface area contributed by atoms with Crippen molar-refractivity contribution in [2.24, 2.45) is 0 Å². The van der Waals surface area contributed by atoms with E-state index in [0.29, 0.717) is 13.7 Å². The number of carboxylic acid groups (broad SMARTS) is 1. The van der Waals surface area contributed by atoms with Crippen molar-refractivity contribution in [1.29, 1.82) is 0 Å². The number of rotatable bonds is 2. The highest BCUT2D eigenvalue weighted by Crippen LogP contribution is 2.33. The molecule has 0 spiro atoms. The third-order valence-electron chi connectivity index (χ3n) is 1.14. The van der Waals surface area contributed by atoms with E-state index in [4.69, 9.17) is 16.7 Å². The largest absolute Gasteiger partial charge is 0.476 e. The molecule has 0 saturated carbocycles. The van der Waals surface area contributed by atoms with Crippen LogP contribution in [0.15, 0.2) is 16.4 Å². The van der Waals surface area contributed by atoms with Gasteiger partial charge < -0.3 is 5.11 Å². The summed E-state index contributed by atoms with van der Waals surface area (Å²) in [5, 5.41) is 8.24. The second kappa shape index (κ2) is 4.21. The van der Waals surface area contributed by atoms with Gasteiger partial charge in [0.1, 0.15) is 4.34 Å². The molecule has 1 aromatic rings. The zero-order chi connectivity index (χ0) is 10.0. The Kier molecular flexibility index (Phi) is 3.47. The summed E-state index contributed by atoms with van der Waals surface area (Å²) in [5.74, 6) is -2.79. The van der Waals surface area contributed by atoms with Gasteiger partial charge in [-0.3, -0.25) is 0 Å². The lowest BCUT2D eigenvalue weighted by Gasteiger charge is -1.85. The summed E-state index contributed by atoms with van der Waals surface area (Å²) in [5.41, 5.74) is 0. The van der Waals surface area contributed by atoms with Crippen molar-refractivity contribution in [1.82, 2.24) is 0 Å². The van der Waals surface area contributed by atoms with Gasteiger partial charge in [-0.25, -0.2) is 4.79 Å². The standard InChI is InChI=1S/C7H3BrClFO2S/c8-4-1-3(13-6(4)9)2-5(10)7(11)12/h1-2H,(H,11,12). The summed E-state index contributed by atoms with van der Waals surface area (Å²) in [7, 11) is 0. The van der Waals surface area contributed by atoms with Crippen molar-refractivity contribution in [2.45, 2.75) is 0 Å². The first kappa shape index (κ1) is 10.7. The van der Waals surface area contributed by atoms with Crippen LogP contribution in [0.25, 0.3) is 6.08 Å². The molecule has 6 heteroatoms. The average molecular weight is 286 g/mol. The number of halogens is 3. The summed E-state index contributed by atoms with van der Waals surface area (Å²) in [6, 6.07) is 1.55. The van der Waals surface area contributed by atoms with E-state index in [1.165, 1.54) is 0 Å². The van der Waals surface area contributed by atoms with Crippen molar-refractivity contribution >= 4 is 50.9 Å². The van der Waals surface area contributed by atoms with Gasteiger partial charge in [0, 0.05) is 9.35 Å². The van der Waals surface area contributed by atoms with Gasteiger partial charge >= 0.3 is 5.97 Å². The third-order valence-corrected chi connectivity index (χ3v) is 3.56. The van der Waals surface area contributed by atoms with Gasteiger partial charge in [-0.1, -0.05) is 11.6 Å². The van der Waals surface area contributed by atoms with Crippen molar-refractivity contribution in [3.05, 3.63) is 25.6 Å². The molecule has 0 unspecified atom stereocenters. The van der Waals surface area contributed by atoms with Crippen LogP contribution in [0, 0.1) is 0 Å². The highest BCUT2D eigenvalue weighted by Gasteiger charge is 2.08. The first-order chi connectivity index (χ1) is 6.00. The maximum Gasteiger partial charge on any atom is 0.364 e. The number of hydrogen-bond donors (Lipinski definition) is 1. The molecule has 0 atom stereocenters. The number of carboxylic acids is 1. The molecular formula is C7H3BrClFO2S. The monoisotopic (exact) mass is 284 g/mol. The molecule has 0 fully saturated rings. The lowest BCUT2D eigenvalue weighted by Crippen LogP contribution is -1.93. The SMILES string of the molecule is O=C(O)C(F)=Cc1cc(Br)c(Cl)s1. The first-order valence-electron chi connectivity index (χ1n) is 3.06. The zero-order valence-electron chi connectivity index (χ0n) is 6.05. The fourth-order valence-electron chi connectivity index (χ4n) is 0.621. The summed E-state index contributed by atoms with van der Waals surface area (Å²) < 4.78 is 13.7. The molecule has 0 amide bonds. The topological polar surface area (TPSA) is 37.3 Å². The van der Waals surface area contributed by atoms with Crippen LogP contribution in [0.4, 0.5) is 4.39 Å². The van der Waals surface area contributed by atoms with Crippen LogP contribution in [0.3, 0.4) is 0 Å². The summed E-state index contributed by atoms with van der Waals surface area (Å²) in [6.07, 6.45) is 0.920. The molecule has 13 heavy (non-hydrogen) atoms. The van der Waals surface area contributed by atoms with Crippen molar-refractivity contribution in [3.63, 3.8) is 0 Å². The van der Waals surface area contributed by atoms with Gasteiger partial charge in [0.25, 0.3) is 0 Å². The highest BCUT2D eigenvalue weighted by atomic mass is 79.9. The van der Waals surface area contributed by atoms with Gasteiger partial charge in [-0.15, -0.1) is 11.3 Å². The van der Waals surface area contributed by atoms with E-state index in [2.05, 4.69) is 15.9 Å². The minimum Gasteiger partial charge on any atom is -0.476 e. The highest BCUT2D eigenvalue weighted by molar-refractivity contribution is 9.10. The van der Waals surface area contributed by atoms with E-state index in [0.717, 1.165) is 17.4 Å². The molecule has 1 heterocycles. The normalized spacial score (nSPS) is 11.8. The molecule has 0 saturated heterocycles. The number of aliphatic carboxylic acids is 1. The van der Waals surface area contributed by atoms with Gasteiger partial charge in [-0.05, 0) is 28.1 Å². The Bertz CT molecular complexity index is 355. The number of hydrogen-bond acceptors (Lipinski definition) is 2. The van der Waals surface area contributed by atoms with E-state index in [-0.39, 0.29) is 0 Å². The third kappa shape index (κ3) is 2.79. The lowest BCUT2D eigenvalue weighted by molar-refractivity contribution is -0.134. The van der Waals surface area contributed by atoms with E-state index in [1.807, 2.05) is 0 Å². The van der Waals surface area contributed by atoms with E-state index >= 15 is 0 Å². The Labute approximate surface area is 90.8 Å². The van der Waals surface area contributed by atoms with Gasteiger partial charge in [0.15, 0.2) is 0 Å². The predicted molar refractivity (Wildman–Crippen MR) is 53.7 cm³/mol. The quantitative estimate of drug-likeness (QED) is 0.844. The maximum atomic E-state index is 12.6. The van der Waals surface area contributed by atoms with Crippen LogP contribution < -0.4 is 0 Å². The zero-order valence-corrected chi connectivity index (χ0v) is 9.21. The number of thiophene rings is 1. The minimum absolute atomic E-state index is 0.455. The molecule has 1 N–H and O–H groups in total. The van der Waals surface area contributed by atoms with Crippen molar-refractivity contribution in [3.8, 4) is 0 Å². The molecule has 0 bridgehead atoms. The molecule has 1 rings (SSSR count). The van der Waals surface area contributed by atoms with E-state index in [9.17, 15) is 9.18 Å². The molecule has 1 aromatic heterocycles. The maximum absolute atomic E-state index is 12.6. The predicted octanol–water partition coefficient (Wildman–Crippen LogP) is 3.56. The molecular weight excluding hydrogens is 282 g/mol. The smallest absolute Gasteiger partial charge is 0.364 e. The summed E-state index contributed by atoms with van der Waals surface area (Å²) >= 11 is 9.89. The summed E-state index contributed by atoms with van der Waals surface area (Å²) in [6.45, 7) is 0. The average Bonchev–Trinajstić information content (AvgIpc) is 2.31. The van der Waals surface area contributed by atoms with E-state index in [1.54, 1.807) is 6.07 Å². The Morgan fingerprint density at radius 1 is 1.77 bits per heavy atom. The number of carbonyl (C=O) groups is 1. The second-order valence-corrected chi connectivity index (χ2v) is 4.61. The Hall–Kier alpha value is -0.390. The second-order valence-electron chi connectivity index (χ2n) is 2.07. The molecule has 70 valence electrons.